The van der Waals surface area contributed by atoms with Crippen LogP contribution in [0.25, 0.3) is 5.69 Å². The third kappa shape index (κ3) is 2.51. The summed E-state index contributed by atoms with van der Waals surface area (Å²) in [6, 6.07) is 7.50. The molecule has 1 heterocycles. The average Bonchev–Trinajstić information content (AvgIpc) is 2.75. The molecule has 0 radical (unpaired) electrons. The Morgan fingerprint density at radius 3 is 2.56 bits per heavy atom. The van der Waals surface area contributed by atoms with E-state index in [9.17, 15) is 4.79 Å². The van der Waals surface area contributed by atoms with Gasteiger partial charge in [0, 0.05) is 18.1 Å². The van der Waals surface area contributed by atoms with Gasteiger partial charge >= 0.3 is 6.09 Å². The van der Waals surface area contributed by atoms with E-state index < -0.39 is 6.09 Å². The lowest BCUT2D eigenvalue weighted by molar-refractivity contribution is 0.191. The predicted molar refractivity (Wildman–Crippen MR) is 67.9 cm³/mol. The van der Waals surface area contributed by atoms with Crippen LogP contribution in [-0.2, 0) is 0 Å². The zero-order valence-corrected chi connectivity index (χ0v) is 10.3. The first-order valence-corrected chi connectivity index (χ1v) is 5.67. The summed E-state index contributed by atoms with van der Waals surface area (Å²) in [6.07, 6.45) is 2.62. The van der Waals surface area contributed by atoms with Crippen molar-refractivity contribution in [2.45, 2.75) is 19.9 Å². The van der Waals surface area contributed by atoms with Gasteiger partial charge in [-0.1, -0.05) is 12.1 Å². The number of carbonyl (C=O) groups is 1. The number of aromatic nitrogens is 2. The number of benzene rings is 1. The average molecular weight is 245 g/mol. The summed E-state index contributed by atoms with van der Waals surface area (Å²) in [5, 5.41) is 11.1. The zero-order chi connectivity index (χ0) is 13.1. The van der Waals surface area contributed by atoms with Gasteiger partial charge < -0.3 is 15.0 Å². The lowest BCUT2D eigenvalue weighted by Crippen LogP contribution is -2.24. The molecule has 2 rings (SSSR count). The highest BCUT2D eigenvalue weighted by atomic mass is 16.4. The van der Waals surface area contributed by atoms with Crippen LogP contribution in [0.1, 0.15) is 24.4 Å². The van der Waals surface area contributed by atoms with E-state index in [0.29, 0.717) is 0 Å². The van der Waals surface area contributed by atoms with Gasteiger partial charge in [0.1, 0.15) is 5.82 Å². The van der Waals surface area contributed by atoms with Gasteiger partial charge in [0.2, 0.25) is 0 Å². The van der Waals surface area contributed by atoms with Crippen LogP contribution >= 0.6 is 0 Å². The van der Waals surface area contributed by atoms with E-state index in [-0.39, 0.29) is 6.04 Å². The minimum absolute atomic E-state index is 0.222. The van der Waals surface area contributed by atoms with Crippen LogP contribution < -0.4 is 5.32 Å². The molecule has 2 aromatic rings. The summed E-state index contributed by atoms with van der Waals surface area (Å²) in [6.45, 7) is 3.74. The molecule has 0 aliphatic carbocycles. The molecule has 0 saturated heterocycles. The molecular weight excluding hydrogens is 230 g/mol. The summed E-state index contributed by atoms with van der Waals surface area (Å²) in [5.74, 6) is 0.916. The van der Waals surface area contributed by atoms with E-state index in [2.05, 4.69) is 10.3 Å². The lowest BCUT2D eigenvalue weighted by Gasteiger charge is -2.12. The topological polar surface area (TPSA) is 67.2 Å². The highest BCUT2D eigenvalue weighted by Crippen LogP contribution is 2.16. The molecular formula is C13H15N3O2. The van der Waals surface area contributed by atoms with Crippen LogP contribution in [0.4, 0.5) is 4.79 Å². The highest BCUT2D eigenvalue weighted by molar-refractivity contribution is 5.65. The molecule has 0 aliphatic heterocycles. The summed E-state index contributed by atoms with van der Waals surface area (Å²) < 4.78 is 1.97. The smallest absolute Gasteiger partial charge is 0.405 e. The number of amides is 1. The van der Waals surface area contributed by atoms with Crippen molar-refractivity contribution >= 4 is 6.09 Å². The fourth-order valence-corrected chi connectivity index (χ4v) is 1.84. The van der Waals surface area contributed by atoms with Crippen LogP contribution in [0.3, 0.4) is 0 Å². The SMILES string of the molecule is Cc1nccn1-c1ccc([C@H](C)NC(=O)O)cc1. The van der Waals surface area contributed by atoms with Crippen molar-refractivity contribution in [3.63, 3.8) is 0 Å². The Labute approximate surface area is 105 Å². The molecule has 18 heavy (non-hydrogen) atoms. The van der Waals surface area contributed by atoms with Crippen LogP contribution in [-0.4, -0.2) is 20.8 Å². The Bertz CT molecular complexity index is 546. The number of rotatable bonds is 3. The number of nitrogens with zero attached hydrogens (tertiary/aromatic N) is 2. The first-order chi connectivity index (χ1) is 8.58. The Morgan fingerprint density at radius 1 is 1.39 bits per heavy atom. The zero-order valence-electron chi connectivity index (χ0n) is 10.3. The van der Waals surface area contributed by atoms with Crippen molar-refractivity contribution in [3.05, 3.63) is 48.0 Å². The van der Waals surface area contributed by atoms with Crippen molar-refractivity contribution in [2.24, 2.45) is 0 Å². The second-order valence-electron chi connectivity index (χ2n) is 4.11. The van der Waals surface area contributed by atoms with Gasteiger partial charge in [-0.15, -0.1) is 0 Å². The van der Waals surface area contributed by atoms with E-state index >= 15 is 0 Å². The van der Waals surface area contributed by atoms with Gasteiger partial charge in [-0.05, 0) is 31.5 Å². The Balaban J connectivity index is 2.20. The largest absolute Gasteiger partial charge is 0.465 e. The number of carboxylic acid groups (broad SMARTS) is 1. The fourth-order valence-electron chi connectivity index (χ4n) is 1.84. The summed E-state index contributed by atoms with van der Waals surface area (Å²) in [5.41, 5.74) is 1.94. The minimum Gasteiger partial charge on any atom is -0.465 e. The Hall–Kier alpha value is -2.30. The maximum absolute atomic E-state index is 10.6. The third-order valence-electron chi connectivity index (χ3n) is 2.84. The van der Waals surface area contributed by atoms with Crippen LogP contribution in [0.2, 0.25) is 0 Å². The number of aryl methyl sites for hydroxylation is 1. The van der Waals surface area contributed by atoms with Gasteiger partial charge in [0.05, 0.1) is 6.04 Å². The number of nitrogens with one attached hydrogen (secondary N) is 1. The van der Waals surface area contributed by atoms with E-state index in [4.69, 9.17) is 5.11 Å². The maximum Gasteiger partial charge on any atom is 0.405 e. The second kappa shape index (κ2) is 4.91. The molecule has 0 unspecified atom stereocenters. The fraction of sp³-hybridized carbons (Fsp3) is 0.231. The minimum atomic E-state index is -1.02. The molecule has 0 aliphatic rings. The molecule has 1 amide bonds. The first-order valence-electron chi connectivity index (χ1n) is 5.67. The third-order valence-corrected chi connectivity index (χ3v) is 2.84. The monoisotopic (exact) mass is 245 g/mol. The molecule has 0 saturated carbocycles. The molecule has 2 N–H and O–H groups in total. The van der Waals surface area contributed by atoms with E-state index in [1.54, 1.807) is 6.20 Å². The van der Waals surface area contributed by atoms with Gasteiger partial charge in [0.15, 0.2) is 0 Å². The normalized spacial score (nSPS) is 12.1. The molecule has 0 bridgehead atoms. The Kier molecular flexibility index (Phi) is 3.32. The summed E-state index contributed by atoms with van der Waals surface area (Å²) >= 11 is 0. The maximum atomic E-state index is 10.6. The lowest BCUT2D eigenvalue weighted by atomic mass is 10.1. The number of hydrogen-bond acceptors (Lipinski definition) is 2. The van der Waals surface area contributed by atoms with Crippen molar-refractivity contribution in [3.8, 4) is 5.69 Å². The van der Waals surface area contributed by atoms with Gasteiger partial charge in [-0.3, -0.25) is 0 Å². The molecule has 0 fully saturated rings. The van der Waals surface area contributed by atoms with Crippen LogP contribution in [0.5, 0.6) is 0 Å². The number of hydrogen-bond donors (Lipinski definition) is 2. The van der Waals surface area contributed by atoms with Crippen molar-refractivity contribution in [2.75, 3.05) is 0 Å². The van der Waals surface area contributed by atoms with E-state index in [1.807, 2.05) is 48.9 Å². The van der Waals surface area contributed by atoms with Crippen LogP contribution in [0.15, 0.2) is 36.7 Å². The summed E-state index contributed by atoms with van der Waals surface area (Å²) in [4.78, 5) is 14.7. The molecule has 1 atom stereocenters. The van der Waals surface area contributed by atoms with Gasteiger partial charge in [-0.2, -0.15) is 0 Å². The molecule has 5 heteroatoms. The van der Waals surface area contributed by atoms with E-state index in [1.165, 1.54) is 0 Å². The van der Waals surface area contributed by atoms with Gasteiger partial charge in [0.25, 0.3) is 0 Å². The van der Waals surface area contributed by atoms with Crippen molar-refractivity contribution in [1.82, 2.24) is 14.9 Å². The molecule has 94 valence electrons. The van der Waals surface area contributed by atoms with Crippen LogP contribution in [0, 0.1) is 6.92 Å². The first kappa shape index (κ1) is 12.2. The molecule has 0 spiro atoms. The van der Waals surface area contributed by atoms with E-state index in [0.717, 1.165) is 17.1 Å². The summed E-state index contributed by atoms with van der Waals surface area (Å²) in [7, 11) is 0. The predicted octanol–water partition coefficient (Wildman–Crippen LogP) is 2.51. The second-order valence-corrected chi connectivity index (χ2v) is 4.11. The molecule has 5 nitrogen and oxygen atoms in total. The standard InChI is InChI=1S/C13H15N3O2/c1-9(15-13(17)18)11-3-5-12(6-4-11)16-8-7-14-10(16)2/h3-9,15H,1-2H3,(H,17,18)/t9-/m0/s1. The van der Waals surface area contributed by atoms with Gasteiger partial charge in [-0.25, -0.2) is 9.78 Å². The molecule has 1 aromatic heterocycles. The molecule has 1 aromatic carbocycles. The Morgan fingerprint density at radius 2 is 2.06 bits per heavy atom. The quantitative estimate of drug-likeness (QED) is 0.873. The van der Waals surface area contributed by atoms with Crippen molar-refractivity contribution in [1.29, 1.82) is 0 Å². The highest BCUT2D eigenvalue weighted by Gasteiger charge is 2.08. The number of imidazole rings is 1. The van der Waals surface area contributed by atoms with Crippen molar-refractivity contribution < 1.29 is 9.90 Å².